The van der Waals surface area contributed by atoms with Crippen molar-refractivity contribution >= 4 is 54.3 Å². The molecular formula is C42H26O. The second-order valence-corrected chi connectivity index (χ2v) is 10.7. The molecule has 0 bridgehead atoms. The summed E-state index contributed by atoms with van der Waals surface area (Å²) in [6.45, 7) is 0. The van der Waals surface area contributed by atoms with Crippen LogP contribution >= 0.6 is 0 Å². The summed E-state index contributed by atoms with van der Waals surface area (Å²) in [6, 6.07) is 36.2. The highest BCUT2D eigenvalue weighted by molar-refractivity contribution is 6.25. The molecule has 0 saturated carbocycles. The van der Waals surface area contributed by atoms with Gasteiger partial charge in [0.05, 0.1) is 9.60 Å². The van der Waals surface area contributed by atoms with Gasteiger partial charge in [0.2, 0.25) is 0 Å². The van der Waals surface area contributed by atoms with Crippen LogP contribution in [0.2, 0.25) is 0 Å². The van der Waals surface area contributed by atoms with Crippen molar-refractivity contribution in [3.8, 4) is 33.4 Å². The summed E-state index contributed by atoms with van der Waals surface area (Å²) in [7, 11) is 0. The van der Waals surface area contributed by atoms with Gasteiger partial charge in [0, 0.05) is 10.8 Å². The Morgan fingerprint density at radius 3 is 1.93 bits per heavy atom. The number of fused-ring (bicyclic) bond motifs is 6. The van der Waals surface area contributed by atoms with Crippen molar-refractivity contribution in [2.45, 2.75) is 0 Å². The monoisotopic (exact) mass is 553 g/mol. The normalized spacial score (nSPS) is 14.0. The van der Waals surface area contributed by atoms with Crippen LogP contribution in [0.4, 0.5) is 0 Å². The average Bonchev–Trinajstić information content (AvgIpc) is 3.51. The van der Waals surface area contributed by atoms with Crippen LogP contribution < -0.4 is 0 Å². The fraction of sp³-hybridized carbons (Fsp3) is 0. The van der Waals surface area contributed by atoms with Gasteiger partial charge in [-0.2, -0.15) is 0 Å². The van der Waals surface area contributed by atoms with Gasteiger partial charge in [0.1, 0.15) is 11.2 Å². The SMILES string of the molecule is [2H]c1c([2H])c([2H])c(-c2ccc3c(c2)oc2cccc(-c4c5cccc([2H])c5c(-c5ccc6ccccc6c5)c5c([2H])cccc45)c23)c([2H])c1[2H]. The molecule has 0 spiro atoms. The third-order valence-electron chi connectivity index (χ3n) is 8.34. The standard InChI is InChI=1S/C42H26O/c1-2-11-27(12-3-1)30-23-24-36-39(26-30)43-38-20-10-19-37(42(36)38)41-34-17-8-6-15-32(34)40(33-16-7-9-18-35(33)41)31-22-21-28-13-4-5-14-29(28)25-31/h1-26H/i1D,2D,3D,11D,12D,15D,16D. The van der Waals surface area contributed by atoms with E-state index in [0.29, 0.717) is 28.8 Å². The van der Waals surface area contributed by atoms with Crippen LogP contribution in [0.15, 0.2) is 162 Å². The van der Waals surface area contributed by atoms with Crippen molar-refractivity contribution in [3.63, 3.8) is 0 Å². The third kappa shape index (κ3) is 3.72. The van der Waals surface area contributed by atoms with Crippen LogP contribution in [0.1, 0.15) is 9.60 Å². The predicted octanol–water partition coefficient (Wildman–Crippen LogP) is 12.0. The minimum Gasteiger partial charge on any atom is -0.456 e. The first-order valence-corrected chi connectivity index (χ1v) is 14.2. The maximum atomic E-state index is 9.22. The summed E-state index contributed by atoms with van der Waals surface area (Å²) in [5, 5.41) is 7.15. The summed E-state index contributed by atoms with van der Waals surface area (Å²) in [4.78, 5) is 0. The van der Waals surface area contributed by atoms with E-state index in [-0.39, 0.29) is 29.7 Å². The van der Waals surface area contributed by atoms with Crippen molar-refractivity contribution in [2.24, 2.45) is 0 Å². The maximum Gasteiger partial charge on any atom is 0.136 e. The molecular weight excluding hydrogens is 520 g/mol. The Balaban J connectivity index is 1.36. The average molecular weight is 554 g/mol. The van der Waals surface area contributed by atoms with E-state index in [1.165, 1.54) is 0 Å². The molecule has 0 N–H and O–H groups in total. The van der Waals surface area contributed by atoms with E-state index in [2.05, 4.69) is 30.3 Å². The van der Waals surface area contributed by atoms with Crippen molar-refractivity contribution < 1.29 is 14.0 Å². The van der Waals surface area contributed by atoms with Crippen molar-refractivity contribution in [2.75, 3.05) is 0 Å². The number of hydrogen-bond donors (Lipinski definition) is 0. The Bertz CT molecular complexity index is 2820. The smallest absolute Gasteiger partial charge is 0.136 e. The summed E-state index contributed by atoms with van der Waals surface area (Å²) in [5.41, 5.74) is 5.29. The van der Waals surface area contributed by atoms with Crippen LogP contribution in [0, 0.1) is 0 Å². The first-order chi connectivity index (χ1) is 24.2. The van der Waals surface area contributed by atoms with Gasteiger partial charge in [-0.05, 0) is 90.0 Å². The molecule has 0 aliphatic heterocycles. The molecule has 0 unspecified atom stereocenters. The van der Waals surface area contributed by atoms with E-state index in [1.807, 2.05) is 60.7 Å². The fourth-order valence-corrected chi connectivity index (χ4v) is 6.48. The maximum absolute atomic E-state index is 9.22. The molecule has 0 aliphatic rings. The summed E-state index contributed by atoms with van der Waals surface area (Å²) < 4.78 is 66.2. The molecule has 1 nitrogen and oxygen atoms in total. The molecule has 9 rings (SSSR count). The van der Waals surface area contributed by atoms with Gasteiger partial charge in [-0.15, -0.1) is 0 Å². The fourth-order valence-electron chi connectivity index (χ4n) is 6.48. The van der Waals surface area contributed by atoms with Gasteiger partial charge in [-0.3, -0.25) is 0 Å². The molecule has 200 valence electrons. The number of benzene rings is 8. The Morgan fingerprint density at radius 2 is 1.14 bits per heavy atom. The molecule has 0 aliphatic carbocycles. The highest BCUT2D eigenvalue weighted by atomic mass is 16.3. The quantitative estimate of drug-likeness (QED) is 0.198. The molecule has 1 aromatic heterocycles. The van der Waals surface area contributed by atoms with E-state index in [4.69, 9.17) is 11.3 Å². The first kappa shape index (κ1) is 18.0. The van der Waals surface area contributed by atoms with E-state index >= 15 is 0 Å². The Labute approximate surface area is 259 Å². The Kier molecular flexibility index (Phi) is 3.95. The van der Waals surface area contributed by atoms with Crippen molar-refractivity contribution in [1.29, 1.82) is 0 Å². The lowest BCUT2D eigenvalue weighted by Gasteiger charge is -2.18. The van der Waals surface area contributed by atoms with E-state index in [1.54, 1.807) is 24.3 Å². The molecule has 43 heavy (non-hydrogen) atoms. The molecule has 0 atom stereocenters. The van der Waals surface area contributed by atoms with E-state index < -0.39 is 6.04 Å². The Morgan fingerprint density at radius 1 is 0.419 bits per heavy atom. The molecule has 0 radical (unpaired) electrons. The van der Waals surface area contributed by atoms with Crippen molar-refractivity contribution in [3.05, 3.63) is 158 Å². The lowest BCUT2D eigenvalue weighted by Crippen LogP contribution is -1.91. The molecule has 1 heteroatoms. The molecule has 0 fully saturated rings. The highest BCUT2D eigenvalue weighted by Gasteiger charge is 2.20. The number of hydrogen-bond acceptors (Lipinski definition) is 1. The minimum absolute atomic E-state index is 0.116. The van der Waals surface area contributed by atoms with Gasteiger partial charge in [0.25, 0.3) is 0 Å². The molecule has 1 heterocycles. The van der Waals surface area contributed by atoms with Crippen LogP contribution in [-0.2, 0) is 0 Å². The molecule has 0 amide bonds. The lowest BCUT2D eigenvalue weighted by molar-refractivity contribution is 0.669. The summed E-state index contributed by atoms with van der Waals surface area (Å²) >= 11 is 0. The third-order valence-corrected chi connectivity index (χ3v) is 8.34. The molecule has 8 aromatic carbocycles. The van der Waals surface area contributed by atoms with Crippen LogP contribution in [0.5, 0.6) is 0 Å². The van der Waals surface area contributed by atoms with E-state index in [9.17, 15) is 2.74 Å². The zero-order chi connectivity index (χ0) is 34.4. The van der Waals surface area contributed by atoms with Crippen LogP contribution in [0.3, 0.4) is 0 Å². The lowest BCUT2D eigenvalue weighted by atomic mass is 9.84. The summed E-state index contributed by atoms with van der Waals surface area (Å²) in [6.07, 6.45) is 0. The van der Waals surface area contributed by atoms with Crippen LogP contribution in [-0.4, -0.2) is 0 Å². The topological polar surface area (TPSA) is 13.1 Å². The van der Waals surface area contributed by atoms with Crippen molar-refractivity contribution in [1.82, 2.24) is 0 Å². The molecule has 0 saturated heterocycles. The van der Waals surface area contributed by atoms with Gasteiger partial charge in [0.15, 0.2) is 0 Å². The second-order valence-electron chi connectivity index (χ2n) is 10.7. The largest absolute Gasteiger partial charge is 0.456 e. The first-order valence-electron chi connectivity index (χ1n) is 17.7. The zero-order valence-corrected chi connectivity index (χ0v) is 22.9. The molecule has 9 aromatic rings. The van der Waals surface area contributed by atoms with Gasteiger partial charge < -0.3 is 4.42 Å². The predicted molar refractivity (Wildman–Crippen MR) is 183 cm³/mol. The highest BCUT2D eigenvalue weighted by Crippen LogP contribution is 2.47. The summed E-state index contributed by atoms with van der Waals surface area (Å²) in [5.74, 6) is 0. The van der Waals surface area contributed by atoms with Crippen LogP contribution in [0.25, 0.3) is 87.6 Å². The Hall–Kier alpha value is -5.66. The number of furan rings is 1. The number of rotatable bonds is 3. The van der Waals surface area contributed by atoms with Gasteiger partial charge >= 0.3 is 0 Å². The zero-order valence-electron chi connectivity index (χ0n) is 29.9. The van der Waals surface area contributed by atoms with E-state index in [0.717, 1.165) is 65.3 Å². The second kappa shape index (κ2) is 9.44. The van der Waals surface area contributed by atoms with Gasteiger partial charge in [-0.25, -0.2) is 0 Å². The minimum atomic E-state index is -0.434. The van der Waals surface area contributed by atoms with Gasteiger partial charge in [-0.1, -0.05) is 133 Å².